The van der Waals surface area contributed by atoms with Crippen molar-refractivity contribution in [1.29, 1.82) is 0 Å². The first kappa shape index (κ1) is 13.3. The lowest BCUT2D eigenvalue weighted by atomic mass is 9.92. The minimum absolute atomic E-state index is 0.208. The third-order valence-electron chi connectivity index (χ3n) is 3.15. The van der Waals surface area contributed by atoms with Gasteiger partial charge in [0.05, 0.1) is 5.60 Å². The molecule has 2 nitrogen and oxygen atoms in total. The van der Waals surface area contributed by atoms with Crippen LogP contribution in [-0.4, -0.2) is 17.3 Å². The van der Waals surface area contributed by atoms with Crippen molar-refractivity contribution < 1.29 is 5.11 Å². The van der Waals surface area contributed by atoms with Gasteiger partial charge in [-0.1, -0.05) is 31.5 Å². The van der Waals surface area contributed by atoms with Gasteiger partial charge in [-0.05, 0) is 37.5 Å². The Kier molecular flexibility index (Phi) is 4.22. The van der Waals surface area contributed by atoms with E-state index in [9.17, 15) is 5.11 Å². The molecule has 0 spiro atoms. The van der Waals surface area contributed by atoms with E-state index in [1.807, 2.05) is 45.9 Å². The van der Waals surface area contributed by atoms with Crippen molar-refractivity contribution in [2.24, 2.45) is 5.92 Å². The summed E-state index contributed by atoms with van der Waals surface area (Å²) in [5.74, 6) is 0.208. The Labute approximate surface area is 103 Å². The number of nitrogens with one attached hydrogen (secondary N) is 1. The van der Waals surface area contributed by atoms with Crippen LogP contribution in [0.15, 0.2) is 18.2 Å². The summed E-state index contributed by atoms with van der Waals surface area (Å²) in [6.45, 7) is 8.34. The molecule has 1 atom stereocenters. The van der Waals surface area contributed by atoms with Gasteiger partial charge in [-0.2, -0.15) is 0 Å². The molecule has 0 radical (unpaired) electrons. The molecule has 0 heterocycles. The molecule has 90 valence electrons. The molecule has 0 aliphatic heterocycles. The fraction of sp³-hybridized carbons (Fsp3) is 0.538. The summed E-state index contributed by atoms with van der Waals surface area (Å²) in [5.41, 5.74) is 1.28. The topological polar surface area (TPSA) is 32.3 Å². The van der Waals surface area contributed by atoms with Crippen LogP contribution >= 0.6 is 11.6 Å². The minimum Gasteiger partial charge on any atom is -0.388 e. The first-order valence-corrected chi connectivity index (χ1v) is 5.94. The number of rotatable bonds is 4. The summed E-state index contributed by atoms with van der Waals surface area (Å²) in [7, 11) is 0. The lowest BCUT2D eigenvalue weighted by molar-refractivity contribution is 0.0266. The standard InChI is InChI=1S/C13H20ClNO/c1-9(2)13(4,16)8-15-12-7-5-6-11(14)10(12)3/h5-7,9,15-16H,8H2,1-4H3. The van der Waals surface area contributed by atoms with Crippen LogP contribution in [0.4, 0.5) is 5.69 Å². The minimum atomic E-state index is -0.714. The molecular weight excluding hydrogens is 222 g/mol. The zero-order valence-corrected chi connectivity index (χ0v) is 11.1. The summed E-state index contributed by atoms with van der Waals surface area (Å²) >= 11 is 6.02. The number of hydrogen-bond donors (Lipinski definition) is 2. The molecule has 0 fully saturated rings. The maximum atomic E-state index is 10.1. The van der Waals surface area contributed by atoms with E-state index in [0.29, 0.717) is 6.54 Å². The Bertz CT molecular complexity index is 361. The highest BCUT2D eigenvalue weighted by atomic mass is 35.5. The van der Waals surface area contributed by atoms with E-state index in [2.05, 4.69) is 5.32 Å². The van der Waals surface area contributed by atoms with E-state index in [-0.39, 0.29) is 5.92 Å². The van der Waals surface area contributed by atoms with Gasteiger partial charge in [-0.25, -0.2) is 0 Å². The summed E-state index contributed by atoms with van der Waals surface area (Å²) in [5, 5.41) is 14.1. The number of hydrogen-bond acceptors (Lipinski definition) is 2. The van der Waals surface area contributed by atoms with Gasteiger partial charge in [0.25, 0.3) is 0 Å². The smallest absolute Gasteiger partial charge is 0.0813 e. The number of benzene rings is 1. The maximum absolute atomic E-state index is 10.1. The Morgan fingerprint density at radius 1 is 1.44 bits per heavy atom. The van der Waals surface area contributed by atoms with Crippen molar-refractivity contribution in [3.8, 4) is 0 Å². The zero-order valence-electron chi connectivity index (χ0n) is 10.3. The third kappa shape index (κ3) is 3.13. The van der Waals surface area contributed by atoms with E-state index in [1.54, 1.807) is 0 Å². The molecule has 16 heavy (non-hydrogen) atoms. The van der Waals surface area contributed by atoms with Gasteiger partial charge in [0.15, 0.2) is 0 Å². The fourth-order valence-electron chi connectivity index (χ4n) is 1.28. The first-order valence-electron chi connectivity index (χ1n) is 5.56. The number of anilines is 1. The second-order valence-corrected chi connectivity index (χ2v) is 5.19. The van der Waals surface area contributed by atoms with Crippen LogP contribution in [0.1, 0.15) is 26.3 Å². The SMILES string of the molecule is Cc1c(Cl)cccc1NCC(C)(O)C(C)C. The van der Waals surface area contributed by atoms with Gasteiger partial charge in [-0.3, -0.25) is 0 Å². The summed E-state index contributed by atoms with van der Waals surface area (Å²) in [4.78, 5) is 0. The maximum Gasteiger partial charge on any atom is 0.0813 e. The van der Waals surface area contributed by atoms with E-state index in [0.717, 1.165) is 16.3 Å². The highest BCUT2D eigenvalue weighted by Gasteiger charge is 2.24. The molecule has 0 amide bonds. The second kappa shape index (κ2) is 5.07. The summed E-state index contributed by atoms with van der Waals surface area (Å²) < 4.78 is 0. The van der Waals surface area contributed by atoms with Gasteiger partial charge >= 0.3 is 0 Å². The molecule has 2 N–H and O–H groups in total. The monoisotopic (exact) mass is 241 g/mol. The van der Waals surface area contributed by atoms with Crippen LogP contribution in [0.25, 0.3) is 0 Å². The molecule has 1 aromatic carbocycles. The normalized spacial score (nSPS) is 14.9. The van der Waals surface area contributed by atoms with Crippen molar-refractivity contribution in [2.45, 2.75) is 33.3 Å². The molecule has 3 heteroatoms. The largest absolute Gasteiger partial charge is 0.388 e. The van der Waals surface area contributed by atoms with Crippen LogP contribution in [-0.2, 0) is 0 Å². The predicted octanol–water partition coefficient (Wildman–Crippen LogP) is 3.47. The average Bonchev–Trinajstić information content (AvgIpc) is 2.20. The van der Waals surface area contributed by atoms with Crippen molar-refractivity contribution >= 4 is 17.3 Å². The lowest BCUT2D eigenvalue weighted by Crippen LogP contribution is -2.38. The Morgan fingerprint density at radius 2 is 2.06 bits per heavy atom. The summed E-state index contributed by atoms with van der Waals surface area (Å²) in [6, 6.07) is 5.74. The Hall–Kier alpha value is -0.730. The van der Waals surface area contributed by atoms with Crippen LogP contribution in [0.5, 0.6) is 0 Å². The van der Waals surface area contributed by atoms with Gasteiger partial charge in [0.2, 0.25) is 0 Å². The molecule has 0 aliphatic carbocycles. The molecule has 1 unspecified atom stereocenters. The number of aliphatic hydroxyl groups is 1. The third-order valence-corrected chi connectivity index (χ3v) is 3.56. The van der Waals surface area contributed by atoms with Crippen LogP contribution in [0.3, 0.4) is 0 Å². The average molecular weight is 242 g/mol. The summed E-state index contributed by atoms with van der Waals surface area (Å²) in [6.07, 6.45) is 0. The van der Waals surface area contributed by atoms with Crippen LogP contribution in [0.2, 0.25) is 5.02 Å². The molecule has 0 saturated heterocycles. The van der Waals surface area contributed by atoms with Crippen molar-refractivity contribution in [3.63, 3.8) is 0 Å². The molecule has 1 rings (SSSR count). The Morgan fingerprint density at radius 3 is 2.62 bits per heavy atom. The van der Waals surface area contributed by atoms with Crippen LogP contribution in [0, 0.1) is 12.8 Å². The quantitative estimate of drug-likeness (QED) is 0.846. The lowest BCUT2D eigenvalue weighted by Gasteiger charge is -2.28. The van der Waals surface area contributed by atoms with Gasteiger partial charge in [-0.15, -0.1) is 0 Å². The fourth-order valence-corrected chi connectivity index (χ4v) is 1.45. The van der Waals surface area contributed by atoms with Gasteiger partial charge in [0.1, 0.15) is 0 Å². The molecule has 1 aromatic rings. The van der Waals surface area contributed by atoms with Gasteiger partial charge in [0, 0.05) is 17.3 Å². The Balaban J connectivity index is 2.72. The van der Waals surface area contributed by atoms with E-state index in [1.165, 1.54) is 0 Å². The van der Waals surface area contributed by atoms with E-state index >= 15 is 0 Å². The molecule has 0 bridgehead atoms. The van der Waals surface area contributed by atoms with Crippen molar-refractivity contribution in [1.82, 2.24) is 0 Å². The molecule has 0 aliphatic rings. The highest BCUT2D eigenvalue weighted by Crippen LogP contribution is 2.24. The zero-order chi connectivity index (χ0) is 12.3. The number of halogens is 1. The van der Waals surface area contributed by atoms with E-state index in [4.69, 9.17) is 11.6 Å². The molecule has 0 aromatic heterocycles. The highest BCUT2D eigenvalue weighted by molar-refractivity contribution is 6.31. The van der Waals surface area contributed by atoms with Crippen molar-refractivity contribution in [3.05, 3.63) is 28.8 Å². The van der Waals surface area contributed by atoms with Gasteiger partial charge < -0.3 is 10.4 Å². The predicted molar refractivity (Wildman–Crippen MR) is 70.1 cm³/mol. The second-order valence-electron chi connectivity index (χ2n) is 4.78. The first-order chi connectivity index (χ1) is 7.34. The van der Waals surface area contributed by atoms with Crippen molar-refractivity contribution in [2.75, 3.05) is 11.9 Å². The van der Waals surface area contributed by atoms with Crippen LogP contribution < -0.4 is 5.32 Å². The van der Waals surface area contributed by atoms with E-state index < -0.39 is 5.60 Å². The molecule has 0 saturated carbocycles. The molecular formula is C13H20ClNO.